The highest BCUT2D eigenvalue weighted by Crippen LogP contribution is 2.16. The summed E-state index contributed by atoms with van der Waals surface area (Å²) < 4.78 is 1.42. The average Bonchev–Trinajstić information content (AvgIpc) is 2.45. The molecule has 0 aliphatic rings. The van der Waals surface area contributed by atoms with Gasteiger partial charge in [0.15, 0.2) is 0 Å². The van der Waals surface area contributed by atoms with Crippen molar-refractivity contribution in [1.82, 2.24) is 0 Å². The van der Waals surface area contributed by atoms with Crippen LogP contribution in [0.5, 0.6) is 0 Å². The second kappa shape index (κ2) is 16.0. The number of carbonyl (C=O) groups excluding carboxylic acids is 1. The van der Waals surface area contributed by atoms with Gasteiger partial charge in [-0.25, -0.2) is 0 Å². The lowest BCUT2D eigenvalue weighted by atomic mass is 10.1. The molecule has 2 heteroatoms. The Labute approximate surface area is 134 Å². The predicted octanol–water partition coefficient (Wildman–Crippen LogP) is 5.60. The molecule has 128 valence electrons. The first-order chi connectivity index (χ1) is 9.97. The van der Waals surface area contributed by atoms with E-state index in [2.05, 4.69) is 27.7 Å². The summed E-state index contributed by atoms with van der Waals surface area (Å²) in [6.45, 7) is 18.1. The van der Waals surface area contributed by atoms with Crippen LogP contribution in [0.1, 0.15) is 92.9 Å². The monoisotopic (exact) mass is 300 g/mol. The molecule has 0 aromatic heterocycles. The summed E-state index contributed by atoms with van der Waals surface area (Å²) >= 11 is 0. The molecule has 21 heavy (non-hydrogen) atoms. The Hall–Kier alpha value is -0.370. The summed E-state index contributed by atoms with van der Waals surface area (Å²) in [7, 11) is 0. The first kappa shape index (κ1) is 22.9. The maximum atomic E-state index is 9.44. The van der Waals surface area contributed by atoms with Gasteiger partial charge >= 0.3 is 0 Å². The van der Waals surface area contributed by atoms with Crippen molar-refractivity contribution in [2.24, 2.45) is 0 Å². The molecule has 0 aliphatic carbocycles. The first-order valence-corrected chi connectivity index (χ1v) is 9.30. The minimum absolute atomic E-state index is 0.167. The van der Waals surface area contributed by atoms with Crippen molar-refractivity contribution in [3.8, 4) is 0 Å². The van der Waals surface area contributed by atoms with Gasteiger partial charge in [0, 0.05) is 0 Å². The number of nitrogens with zero attached hydrogens (tertiary/aromatic N) is 1. The first-order valence-electron chi connectivity index (χ1n) is 9.30. The number of hydrogen-bond donors (Lipinski definition) is 0. The number of rotatable bonds is 12. The van der Waals surface area contributed by atoms with Crippen molar-refractivity contribution in [2.75, 3.05) is 26.2 Å². The van der Waals surface area contributed by atoms with Crippen LogP contribution in [0.2, 0.25) is 0 Å². The molecule has 0 spiro atoms. The van der Waals surface area contributed by atoms with E-state index in [1.807, 2.05) is 0 Å². The van der Waals surface area contributed by atoms with Crippen LogP contribution in [0.15, 0.2) is 0 Å². The normalized spacial score (nSPS) is 11.0. The van der Waals surface area contributed by atoms with E-state index in [1.165, 1.54) is 95.9 Å². The third kappa shape index (κ3) is 15.8. The Balaban J connectivity index is 0. The second-order valence-corrected chi connectivity index (χ2v) is 6.56. The van der Waals surface area contributed by atoms with E-state index in [4.69, 9.17) is 0 Å². The molecule has 0 bridgehead atoms. The van der Waals surface area contributed by atoms with Gasteiger partial charge in [0.1, 0.15) is 5.78 Å². The number of ketones is 1. The van der Waals surface area contributed by atoms with E-state index >= 15 is 0 Å². The molecule has 2 nitrogen and oxygen atoms in total. The van der Waals surface area contributed by atoms with Crippen LogP contribution >= 0.6 is 0 Å². The van der Waals surface area contributed by atoms with Gasteiger partial charge in [-0.15, -0.1) is 0 Å². The van der Waals surface area contributed by atoms with E-state index in [0.29, 0.717) is 0 Å². The Morgan fingerprint density at radius 3 is 0.952 bits per heavy atom. The van der Waals surface area contributed by atoms with Crippen molar-refractivity contribution in [3.63, 3.8) is 0 Å². The minimum Gasteiger partial charge on any atom is -0.324 e. The fourth-order valence-electron chi connectivity index (χ4n) is 2.64. The highest BCUT2D eigenvalue weighted by Gasteiger charge is 2.24. The molecular formula is C19H42NO+. The minimum atomic E-state index is 0.167. The lowest BCUT2D eigenvalue weighted by Crippen LogP contribution is -2.50. The zero-order valence-electron chi connectivity index (χ0n) is 15.8. The molecule has 0 radical (unpaired) electrons. The molecule has 0 atom stereocenters. The lowest BCUT2D eigenvalue weighted by molar-refractivity contribution is -0.929. The van der Waals surface area contributed by atoms with Crippen molar-refractivity contribution < 1.29 is 9.28 Å². The Morgan fingerprint density at radius 1 is 0.619 bits per heavy atom. The second-order valence-electron chi connectivity index (χ2n) is 6.56. The van der Waals surface area contributed by atoms with Gasteiger partial charge in [0.25, 0.3) is 0 Å². The van der Waals surface area contributed by atoms with Gasteiger partial charge in [0.05, 0.1) is 26.2 Å². The van der Waals surface area contributed by atoms with Crippen molar-refractivity contribution in [3.05, 3.63) is 0 Å². The van der Waals surface area contributed by atoms with Crippen LogP contribution in [-0.2, 0) is 4.79 Å². The molecule has 0 aromatic carbocycles. The molecular weight excluding hydrogens is 258 g/mol. The molecule has 0 saturated carbocycles. The quantitative estimate of drug-likeness (QED) is 0.429. The molecule has 0 amide bonds. The van der Waals surface area contributed by atoms with Crippen molar-refractivity contribution in [1.29, 1.82) is 0 Å². The SMILES string of the molecule is CC(C)=O.CCCC[N+](CCCC)(CCCC)CCCC. The number of unbranched alkanes of at least 4 members (excludes halogenated alkanes) is 4. The fraction of sp³-hybridized carbons (Fsp3) is 0.947. The van der Waals surface area contributed by atoms with Gasteiger partial charge in [-0.2, -0.15) is 0 Å². The maximum absolute atomic E-state index is 9.44. The molecule has 0 N–H and O–H groups in total. The zero-order valence-corrected chi connectivity index (χ0v) is 15.8. The summed E-state index contributed by atoms with van der Waals surface area (Å²) in [6.07, 6.45) is 11.1. The molecule has 0 aromatic rings. The molecule has 0 unspecified atom stereocenters. The smallest absolute Gasteiger partial charge is 0.126 e. The van der Waals surface area contributed by atoms with Gasteiger partial charge in [-0.3, -0.25) is 0 Å². The van der Waals surface area contributed by atoms with Crippen LogP contribution in [0, 0.1) is 0 Å². The Morgan fingerprint density at radius 2 is 0.810 bits per heavy atom. The average molecular weight is 301 g/mol. The van der Waals surface area contributed by atoms with E-state index in [1.54, 1.807) is 0 Å². The largest absolute Gasteiger partial charge is 0.324 e. The number of hydrogen-bond acceptors (Lipinski definition) is 1. The van der Waals surface area contributed by atoms with Crippen LogP contribution in [0.4, 0.5) is 0 Å². The molecule has 0 saturated heterocycles. The molecule has 0 heterocycles. The maximum Gasteiger partial charge on any atom is 0.126 e. The van der Waals surface area contributed by atoms with Crippen LogP contribution < -0.4 is 0 Å². The zero-order chi connectivity index (χ0) is 16.6. The van der Waals surface area contributed by atoms with Gasteiger partial charge in [0.2, 0.25) is 0 Å². The van der Waals surface area contributed by atoms with Crippen LogP contribution in [0.25, 0.3) is 0 Å². The molecule has 0 rings (SSSR count). The van der Waals surface area contributed by atoms with Crippen LogP contribution in [-0.4, -0.2) is 36.4 Å². The summed E-state index contributed by atoms with van der Waals surface area (Å²) in [5.41, 5.74) is 0. The number of Topliss-reactive ketones (excluding diaryl/α,β-unsaturated/α-hetero) is 1. The fourth-order valence-corrected chi connectivity index (χ4v) is 2.64. The standard InChI is InChI=1S/C16H36N.C3H6O/c1-5-9-13-17(14-10-6-2,15-11-7-3)16-12-8-4;1-3(2)4/h5-16H2,1-4H3;1-2H3/q+1;. The predicted molar refractivity (Wildman–Crippen MR) is 95.7 cm³/mol. The van der Waals surface area contributed by atoms with Crippen molar-refractivity contribution in [2.45, 2.75) is 92.9 Å². The van der Waals surface area contributed by atoms with E-state index in [9.17, 15) is 4.79 Å². The molecule has 0 aliphatic heterocycles. The lowest BCUT2D eigenvalue weighted by Gasteiger charge is -2.39. The summed E-state index contributed by atoms with van der Waals surface area (Å²) in [4.78, 5) is 9.44. The van der Waals surface area contributed by atoms with Gasteiger partial charge < -0.3 is 9.28 Å². The highest BCUT2D eigenvalue weighted by molar-refractivity contribution is 5.72. The van der Waals surface area contributed by atoms with Crippen LogP contribution in [0.3, 0.4) is 0 Å². The highest BCUT2D eigenvalue weighted by atomic mass is 16.1. The Bertz CT molecular complexity index is 184. The Kier molecular flexibility index (Phi) is 17.5. The third-order valence-corrected chi connectivity index (χ3v) is 3.94. The van der Waals surface area contributed by atoms with E-state index < -0.39 is 0 Å². The third-order valence-electron chi connectivity index (χ3n) is 3.94. The summed E-state index contributed by atoms with van der Waals surface area (Å²) in [6, 6.07) is 0. The van der Waals surface area contributed by atoms with E-state index in [0.717, 1.165) is 0 Å². The van der Waals surface area contributed by atoms with Crippen molar-refractivity contribution >= 4 is 5.78 Å². The number of quaternary nitrogens is 1. The topological polar surface area (TPSA) is 17.1 Å². The summed E-state index contributed by atoms with van der Waals surface area (Å²) in [5, 5.41) is 0. The van der Waals surface area contributed by atoms with Gasteiger partial charge in [-0.1, -0.05) is 53.4 Å². The van der Waals surface area contributed by atoms with E-state index in [-0.39, 0.29) is 5.78 Å². The molecule has 0 fully saturated rings. The summed E-state index contributed by atoms with van der Waals surface area (Å²) in [5.74, 6) is 0.167. The van der Waals surface area contributed by atoms with Gasteiger partial charge in [-0.05, 0) is 39.5 Å². The number of carbonyl (C=O) groups is 1.